The average molecular weight is 290 g/mol. The predicted molar refractivity (Wildman–Crippen MR) is 78.7 cm³/mol. The summed E-state index contributed by atoms with van der Waals surface area (Å²) in [6, 6.07) is 0.938. The summed E-state index contributed by atoms with van der Waals surface area (Å²) in [5.74, 6) is 0.383. The summed E-state index contributed by atoms with van der Waals surface area (Å²) in [7, 11) is 2.73. The molecule has 0 aliphatic carbocycles. The molecule has 19 heavy (non-hydrogen) atoms. The molecule has 5 nitrogen and oxygen atoms in total. The van der Waals surface area contributed by atoms with E-state index >= 15 is 0 Å². The van der Waals surface area contributed by atoms with E-state index in [2.05, 4.69) is 12.2 Å². The molecule has 0 saturated carbocycles. The molecular weight excluding hydrogens is 260 g/mol. The van der Waals surface area contributed by atoms with E-state index in [1.165, 1.54) is 0 Å². The topological polar surface area (TPSA) is 65.7 Å². The largest absolute Gasteiger partial charge is 0.395 e. The number of nitrogens with two attached hydrogens (primary N) is 1. The Morgan fingerprint density at radius 1 is 1.37 bits per heavy atom. The minimum atomic E-state index is -2.49. The smallest absolute Gasteiger partial charge is 0.386 e. The van der Waals surface area contributed by atoms with Gasteiger partial charge >= 0.3 is 8.56 Å². The van der Waals surface area contributed by atoms with E-state index in [4.69, 9.17) is 19.3 Å². The van der Waals surface area contributed by atoms with Gasteiger partial charge in [-0.3, -0.25) is 5.32 Å². The summed E-state index contributed by atoms with van der Waals surface area (Å²) in [4.78, 5) is 0. The van der Waals surface area contributed by atoms with Gasteiger partial charge in [-0.25, -0.2) is 0 Å². The van der Waals surface area contributed by atoms with Crippen LogP contribution in [0.2, 0.25) is 6.04 Å². The van der Waals surface area contributed by atoms with E-state index in [9.17, 15) is 0 Å². The Morgan fingerprint density at radius 2 is 2.00 bits per heavy atom. The molecule has 0 spiro atoms. The highest BCUT2D eigenvalue weighted by atomic mass is 28.4. The van der Waals surface area contributed by atoms with Crippen molar-refractivity contribution in [2.24, 2.45) is 11.7 Å². The fraction of sp³-hybridized carbons (Fsp3) is 1.00. The molecule has 0 aromatic heterocycles. The fourth-order valence-corrected chi connectivity index (χ4v) is 7.41. The Balaban J connectivity index is 3.19. The van der Waals surface area contributed by atoms with Crippen molar-refractivity contribution in [3.8, 4) is 0 Å². The maximum Gasteiger partial charge on any atom is 0.386 e. The Bertz CT molecular complexity index is 273. The Hall–Kier alpha value is 0.0169. The van der Waals surface area contributed by atoms with Crippen molar-refractivity contribution in [2.45, 2.75) is 57.1 Å². The highest BCUT2D eigenvalue weighted by Crippen LogP contribution is 2.44. The fourth-order valence-electron chi connectivity index (χ4n) is 3.52. The number of ether oxygens (including phenoxy) is 1. The zero-order valence-corrected chi connectivity index (χ0v) is 14.0. The zero-order valence-electron chi connectivity index (χ0n) is 13.0. The number of nitrogens with one attached hydrogen (secondary N) is 1. The van der Waals surface area contributed by atoms with Gasteiger partial charge in [0.25, 0.3) is 0 Å². The molecule has 1 rings (SSSR count). The first-order chi connectivity index (χ1) is 9.01. The summed E-state index contributed by atoms with van der Waals surface area (Å²) in [6.07, 6.45) is 4.31. The lowest BCUT2D eigenvalue weighted by Gasteiger charge is -2.53. The molecule has 0 bridgehead atoms. The molecule has 0 radical (unpaired) electrons. The van der Waals surface area contributed by atoms with E-state index in [0.717, 1.165) is 31.7 Å². The lowest BCUT2D eigenvalue weighted by molar-refractivity contribution is -0.0791. The van der Waals surface area contributed by atoms with Crippen molar-refractivity contribution in [3.63, 3.8) is 0 Å². The second kappa shape index (κ2) is 7.15. The van der Waals surface area contributed by atoms with Crippen molar-refractivity contribution in [2.75, 3.05) is 21.3 Å². The van der Waals surface area contributed by atoms with Gasteiger partial charge in [0.2, 0.25) is 0 Å². The van der Waals surface area contributed by atoms with Gasteiger partial charge in [0.05, 0.1) is 6.17 Å². The van der Waals surface area contributed by atoms with Crippen LogP contribution < -0.4 is 11.1 Å². The molecule has 0 amide bonds. The third-order valence-corrected chi connectivity index (χ3v) is 8.48. The van der Waals surface area contributed by atoms with E-state index in [-0.39, 0.29) is 6.17 Å². The number of hydrogen-bond donors (Lipinski definition) is 2. The van der Waals surface area contributed by atoms with Crippen molar-refractivity contribution < 1.29 is 13.6 Å². The SMILES string of the molecule is CCCC1CCC[Si](OC)(OC)C1(NC(C)N)OC. The van der Waals surface area contributed by atoms with Crippen LogP contribution >= 0.6 is 0 Å². The van der Waals surface area contributed by atoms with E-state index in [1.807, 2.05) is 6.92 Å². The van der Waals surface area contributed by atoms with Gasteiger partial charge in [-0.1, -0.05) is 19.8 Å². The van der Waals surface area contributed by atoms with E-state index in [1.54, 1.807) is 21.3 Å². The maximum absolute atomic E-state index is 5.99. The molecule has 1 aliphatic heterocycles. The van der Waals surface area contributed by atoms with Crippen LogP contribution in [0.4, 0.5) is 0 Å². The molecule has 1 heterocycles. The third-order valence-electron chi connectivity index (χ3n) is 4.26. The maximum atomic E-state index is 5.99. The standard InChI is InChI=1S/C13H30N2O3Si/c1-6-8-12-9-7-10-19(17-4,18-5)13(12,16-3)15-11(2)14/h11-12,15H,6-10,14H2,1-5H3. The van der Waals surface area contributed by atoms with Gasteiger partial charge in [-0.05, 0) is 25.8 Å². The number of rotatable bonds is 7. The van der Waals surface area contributed by atoms with Crippen LogP contribution in [0.25, 0.3) is 0 Å². The summed E-state index contributed by atoms with van der Waals surface area (Å²) < 4.78 is 17.7. The van der Waals surface area contributed by atoms with Crippen molar-refractivity contribution in [1.29, 1.82) is 0 Å². The Labute approximate surface area is 118 Å². The van der Waals surface area contributed by atoms with Crippen LogP contribution in [0, 0.1) is 5.92 Å². The monoisotopic (exact) mass is 290 g/mol. The molecule has 0 aromatic carbocycles. The summed E-state index contributed by atoms with van der Waals surface area (Å²) in [6.45, 7) is 4.13. The molecule has 1 aliphatic rings. The van der Waals surface area contributed by atoms with Gasteiger partial charge in [0, 0.05) is 27.2 Å². The highest BCUT2D eigenvalue weighted by Gasteiger charge is 2.63. The normalized spacial score (nSPS) is 32.2. The quantitative estimate of drug-likeness (QED) is 0.552. The molecule has 3 atom stereocenters. The highest BCUT2D eigenvalue weighted by molar-refractivity contribution is 6.70. The summed E-state index contributed by atoms with van der Waals surface area (Å²) in [5.41, 5.74) is 5.99. The van der Waals surface area contributed by atoms with Crippen LogP contribution in [0.3, 0.4) is 0 Å². The first-order valence-corrected chi connectivity index (χ1v) is 9.23. The van der Waals surface area contributed by atoms with Gasteiger partial charge in [-0.15, -0.1) is 0 Å². The molecular formula is C13H30N2O3Si. The third kappa shape index (κ3) is 3.04. The summed E-state index contributed by atoms with van der Waals surface area (Å²) in [5, 5.41) is 2.88. The van der Waals surface area contributed by atoms with Gasteiger partial charge in [-0.2, -0.15) is 0 Å². The van der Waals surface area contributed by atoms with Gasteiger partial charge in [0.1, 0.15) is 0 Å². The van der Waals surface area contributed by atoms with E-state index in [0.29, 0.717) is 5.92 Å². The second-order valence-electron chi connectivity index (χ2n) is 5.41. The molecule has 114 valence electrons. The van der Waals surface area contributed by atoms with Crippen LogP contribution in [0.15, 0.2) is 0 Å². The van der Waals surface area contributed by atoms with Crippen LogP contribution in [0.1, 0.15) is 39.5 Å². The number of methoxy groups -OCH3 is 1. The number of hydrogen-bond acceptors (Lipinski definition) is 5. The first kappa shape index (κ1) is 17.1. The summed E-state index contributed by atoms with van der Waals surface area (Å²) >= 11 is 0. The zero-order chi connectivity index (χ0) is 14.5. The molecule has 1 saturated heterocycles. The first-order valence-electron chi connectivity index (χ1n) is 7.20. The minimum Gasteiger partial charge on any atom is -0.395 e. The Kier molecular flexibility index (Phi) is 6.42. The van der Waals surface area contributed by atoms with Gasteiger partial charge in [0.15, 0.2) is 5.35 Å². The van der Waals surface area contributed by atoms with Crippen LogP contribution in [-0.2, 0) is 13.6 Å². The van der Waals surface area contributed by atoms with E-state index < -0.39 is 13.9 Å². The molecule has 1 fully saturated rings. The Morgan fingerprint density at radius 3 is 2.42 bits per heavy atom. The van der Waals surface area contributed by atoms with Crippen molar-refractivity contribution in [3.05, 3.63) is 0 Å². The minimum absolute atomic E-state index is 0.158. The van der Waals surface area contributed by atoms with Gasteiger partial charge < -0.3 is 19.3 Å². The lowest BCUT2D eigenvalue weighted by atomic mass is 9.95. The van der Waals surface area contributed by atoms with Crippen LogP contribution in [-0.4, -0.2) is 41.4 Å². The van der Waals surface area contributed by atoms with Crippen molar-refractivity contribution in [1.82, 2.24) is 5.32 Å². The predicted octanol–water partition coefficient (Wildman–Crippen LogP) is 1.71. The molecule has 6 heteroatoms. The molecule has 3 N–H and O–H groups in total. The van der Waals surface area contributed by atoms with Crippen molar-refractivity contribution >= 4 is 8.56 Å². The average Bonchev–Trinajstić information content (AvgIpc) is 2.40. The second-order valence-corrected chi connectivity index (χ2v) is 8.98. The molecule has 0 aromatic rings. The lowest BCUT2D eigenvalue weighted by Crippen LogP contribution is -2.76. The van der Waals surface area contributed by atoms with Crippen LogP contribution in [0.5, 0.6) is 0 Å². The molecule has 3 unspecified atom stereocenters.